The standard InChI is InChI=1S/C39H42N2O7S/c1-29-17-21-33(22-18-29)39(31-12-6-3-7-13-31,32-14-8-4-9-15-32)40-27-11-5-10-16-34(28-49(45,46)35-23-19-30(2)20-24-35)47-38(44)48-41-36(42)25-26-37(41)43/h3-4,6-9,12-15,17-26,34,40,42-43H,5,10-11,16,27-28H2,1-2H3. The molecule has 0 aliphatic rings. The van der Waals surface area contributed by atoms with E-state index in [1.165, 1.54) is 17.7 Å². The van der Waals surface area contributed by atoms with Gasteiger partial charge in [-0.25, -0.2) is 13.2 Å². The van der Waals surface area contributed by atoms with Gasteiger partial charge < -0.3 is 14.9 Å². The monoisotopic (exact) mass is 682 g/mol. The molecule has 5 aromatic rings. The quantitative estimate of drug-likeness (QED) is 0.0609. The summed E-state index contributed by atoms with van der Waals surface area (Å²) in [6.07, 6.45) is 0.0224. The van der Waals surface area contributed by atoms with Crippen LogP contribution >= 0.6 is 0 Å². The third-order valence-electron chi connectivity index (χ3n) is 8.50. The number of benzene rings is 4. The predicted molar refractivity (Wildman–Crippen MR) is 188 cm³/mol. The number of hydrogen-bond donors (Lipinski definition) is 3. The Morgan fingerprint density at radius 1 is 0.714 bits per heavy atom. The molecule has 0 aliphatic carbocycles. The van der Waals surface area contributed by atoms with Gasteiger partial charge in [0.2, 0.25) is 11.8 Å². The lowest BCUT2D eigenvalue weighted by atomic mass is 9.76. The van der Waals surface area contributed by atoms with Crippen molar-refractivity contribution in [1.82, 2.24) is 10.0 Å². The summed E-state index contributed by atoms with van der Waals surface area (Å²) in [4.78, 5) is 17.7. The molecule has 1 aromatic heterocycles. The molecule has 3 N–H and O–H groups in total. The van der Waals surface area contributed by atoms with Crippen LogP contribution in [0.5, 0.6) is 11.8 Å². The van der Waals surface area contributed by atoms with Gasteiger partial charge in [0.1, 0.15) is 6.10 Å². The molecule has 0 saturated carbocycles. The number of unbranched alkanes of at least 4 members (excludes halogenated alkanes) is 2. The second-order valence-corrected chi connectivity index (χ2v) is 14.2. The van der Waals surface area contributed by atoms with Crippen LogP contribution < -0.4 is 10.2 Å². The molecule has 4 aromatic carbocycles. The van der Waals surface area contributed by atoms with Gasteiger partial charge in [0.15, 0.2) is 9.84 Å². The Bertz CT molecular complexity index is 1850. The zero-order valence-electron chi connectivity index (χ0n) is 27.7. The fraction of sp³-hybridized carbons (Fsp3) is 0.256. The van der Waals surface area contributed by atoms with Gasteiger partial charge in [-0.3, -0.25) is 10.2 Å². The highest BCUT2D eigenvalue weighted by atomic mass is 32.2. The van der Waals surface area contributed by atoms with Gasteiger partial charge >= 0.3 is 6.16 Å². The van der Waals surface area contributed by atoms with E-state index in [2.05, 4.69) is 60.8 Å². The molecule has 9 nitrogen and oxygen atoms in total. The van der Waals surface area contributed by atoms with Crippen LogP contribution in [0.15, 0.2) is 126 Å². The minimum absolute atomic E-state index is 0.124. The van der Waals surface area contributed by atoms with Crippen LogP contribution in [-0.2, 0) is 20.1 Å². The summed E-state index contributed by atoms with van der Waals surface area (Å²) in [6, 6.07) is 38.0. The van der Waals surface area contributed by atoms with Crippen molar-refractivity contribution in [3.05, 3.63) is 149 Å². The van der Waals surface area contributed by atoms with Crippen molar-refractivity contribution in [2.75, 3.05) is 12.3 Å². The van der Waals surface area contributed by atoms with E-state index in [1.807, 2.05) is 43.3 Å². The summed E-state index contributed by atoms with van der Waals surface area (Å²) in [5.41, 5.74) is 4.82. The molecule has 0 saturated heterocycles. The molecule has 0 spiro atoms. The Morgan fingerprint density at radius 2 is 1.22 bits per heavy atom. The van der Waals surface area contributed by atoms with Crippen LogP contribution in [-0.4, -0.2) is 47.9 Å². The number of carbonyl (C=O) groups is 1. The highest BCUT2D eigenvalue weighted by molar-refractivity contribution is 7.91. The topological polar surface area (TPSA) is 127 Å². The maximum atomic E-state index is 13.3. The molecule has 10 heteroatoms. The number of carbonyl (C=O) groups excluding carboxylic acids is 1. The predicted octanol–water partition coefficient (Wildman–Crippen LogP) is 7.07. The van der Waals surface area contributed by atoms with E-state index in [0.29, 0.717) is 17.7 Å². The van der Waals surface area contributed by atoms with Crippen molar-refractivity contribution in [2.24, 2.45) is 0 Å². The second-order valence-electron chi connectivity index (χ2n) is 12.1. The zero-order valence-corrected chi connectivity index (χ0v) is 28.5. The number of ether oxygens (including phenoxy) is 1. The first kappa shape index (κ1) is 35.3. The van der Waals surface area contributed by atoms with Gasteiger partial charge in [0, 0.05) is 12.1 Å². The van der Waals surface area contributed by atoms with E-state index in [4.69, 9.17) is 9.57 Å². The Labute approximate surface area is 287 Å². The van der Waals surface area contributed by atoms with Crippen molar-refractivity contribution in [3.63, 3.8) is 0 Å². The fourth-order valence-electron chi connectivity index (χ4n) is 5.93. The molecule has 0 amide bonds. The molecule has 256 valence electrons. The summed E-state index contributed by atoms with van der Waals surface area (Å²) in [5.74, 6) is -1.48. The second kappa shape index (κ2) is 15.9. The van der Waals surface area contributed by atoms with Gasteiger partial charge in [0.05, 0.1) is 16.2 Å². The molecule has 0 fully saturated rings. The molecule has 1 atom stereocenters. The molecule has 0 aliphatic heterocycles. The van der Waals surface area contributed by atoms with Gasteiger partial charge in [-0.1, -0.05) is 115 Å². The number of rotatable bonds is 15. The normalized spacial score (nSPS) is 12.4. The number of nitrogens with zero attached hydrogens (tertiary/aromatic N) is 1. The number of nitrogens with one attached hydrogen (secondary N) is 1. The number of aromatic nitrogens is 1. The third kappa shape index (κ3) is 8.70. The molecular formula is C39H42N2O7S. The summed E-state index contributed by atoms with van der Waals surface area (Å²) >= 11 is 0. The lowest BCUT2D eigenvalue weighted by Gasteiger charge is -2.37. The van der Waals surface area contributed by atoms with Crippen LogP contribution in [0, 0.1) is 13.8 Å². The minimum Gasteiger partial charge on any atom is -0.492 e. The van der Waals surface area contributed by atoms with E-state index in [9.17, 15) is 23.4 Å². The van der Waals surface area contributed by atoms with Crippen LogP contribution in [0.25, 0.3) is 0 Å². The molecular weight excluding hydrogens is 641 g/mol. The molecule has 1 unspecified atom stereocenters. The first-order valence-corrected chi connectivity index (χ1v) is 17.9. The fourth-order valence-corrected chi connectivity index (χ4v) is 7.39. The van der Waals surface area contributed by atoms with E-state index >= 15 is 0 Å². The number of hydrogen-bond acceptors (Lipinski definition) is 8. The van der Waals surface area contributed by atoms with Crippen molar-refractivity contribution < 1.29 is 33.0 Å². The van der Waals surface area contributed by atoms with Crippen LogP contribution in [0.3, 0.4) is 0 Å². The number of aryl methyl sites for hydroxylation is 2. The first-order valence-electron chi connectivity index (χ1n) is 16.3. The Kier molecular flexibility index (Phi) is 11.4. The van der Waals surface area contributed by atoms with Crippen LogP contribution in [0.2, 0.25) is 0 Å². The highest BCUT2D eigenvalue weighted by Crippen LogP contribution is 2.37. The van der Waals surface area contributed by atoms with Crippen molar-refractivity contribution in [3.8, 4) is 11.8 Å². The minimum atomic E-state index is -3.81. The maximum absolute atomic E-state index is 13.3. The Balaban J connectivity index is 1.28. The van der Waals surface area contributed by atoms with Crippen molar-refractivity contribution in [2.45, 2.75) is 56.1 Å². The van der Waals surface area contributed by atoms with Gasteiger partial charge in [-0.15, -0.1) is 4.73 Å². The van der Waals surface area contributed by atoms with E-state index in [0.717, 1.165) is 47.2 Å². The van der Waals surface area contributed by atoms with Crippen LogP contribution in [0.1, 0.15) is 53.5 Å². The van der Waals surface area contributed by atoms with Gasteiger partial charge in [-0.2, -0.15) is 0 Å². The van der Waals surface area contributed by atoms with E-state index in [1.54, 1.807) is 12.1 Å². The average molecular weight is 683 g/mol. The third-order valence-corrected chi connectivity index (χ3v) is 10.3. The summed E-state index contributed by atoms with van der Waals surface area (Å²) in [5, 5.41) is 23.6. The van der Waals surface area contributed by atoms with Crippen molar-refractivity contribution >= 4 is 16.0 Å². The molecule has 0 radical (unpaired) electrons. The van der Waals surface area contributed by atoms with Crippen LogP contribution in [0.4, 0.5) is 4.79 Å². The Hall–Kier alpha value is -5.06. The molecule has 5 rings (SSSR count). The van der Waals surface area contributed by atoms with Crippen molar-refractivity contribution in [1.29, 1.82) is 0 Å². The molecule has 49 heavy (non-hydrogen) atoms. The lowest BCUT2D eigenvalue weighted by molar-refractivity contribution is 0.0123. The average Bonchev–Trinajstić information content (AvgIpc) is 3.41. The zero-order chi connectivity index (χ0) is 34.9. The van der Waals surface area contributed by atoms with Gasteiger partial charge in [0.25, 0.3) is 0 Å². The smallest absolute Gasteiger partial charge is 0.492 e. The SMILES string of the molecule is Cc1ccc(C(NCCCCCC(CS(=O)(=O)c2ccc(C)cc2)OC(=O)On2c(O)ccc2O)(c2ccccc2)c2ccccc2)cc1. The maximum Gasteiger partial charge on any atom is 0.534 e. The number of aromatic hydroxyl groups is 2. The van der Waals surface area contributed by atoms with Gasteiger partial charge in [-0.05, 0) is 68.5 Å². The van der Waals surface area contributed by atoms with E-state index in [-0.39, 0.29) is 11.3 Å². The Morgan fingerprint density at radius 3 is 1.78 bits per heavy atom. The summed E-state index contributed by atoms with van der Waals surface area (Å²) in [6.45, 7) is 4.59. The number of sulfone groups is 1. The molecule has 1 heterocycles. The largest absolute Gasteiger partial charge is 0.534 e. The first-order chi connectivity index (χ1) is 23.6. The summed E-state index contributed by atoms with van der Waals surface area (Å²) < 4.78 is 32.6. The summed E-state index contributed by atoms with van der Waals surface area (Å²) in [7, 11) is -3.81. The molecule has 0 bridgehead atoms. The highest BCUT2D eigenvalue weighted by Gasteiger charge is 2.35. The van der Waals surface area contributed by atoms with E-state index < -0.39 is 45.1 Å². The lowest BCUT2D eigenvalue weighted by Crippen LogP contribution is -2.45.